The molecule has 0 aromatic carbocycles. The van der Waals surface area contributed by atoms with Crippen LogP contribution in [0.1, 0.15) is 11.4 Å². The zero-order valence-corrected chi connectivity index (χ0v) is 5.33. The molecule has 48 valence electrons. The first-order valence-corrected chi connectivity index (χ1v) is 2.80. The summed E-state index contributed by atoms with van der Waals surface area (Å²) in [5, 5.41) is 0. The topological polar surface area (TPSA) is 51.8 Å². The van der Waals surface area contributed by atoms with Crippen LogP contribution in [-0.4, -0.2) is 9.97 Å². The summed E-state index contributed by atoms with van der Waals surface area (Å²) in [6.45, 7) is 2.36. The van der Waals surface area contributed by atoms with Gasteiger partial charge in [0.1, 0.15) is 5.82 Å². The first kappa shape index (κ1) is 6.16. The van der Waals surface area contributed by atoms with Crippen LogP contribution in [-0.2, 0) is 6.54 Å². The molecule has 0 bridgehead atoms. The van der Waals surface area contributed by atoms with E-state index in [0.29, 0.717) is 6.54 Å². The van der Waals surface area contributed by atoms with Crippen molar-refractivity contribution in [1.82, 2.24) is 9.97 Å². The second kappa shape index (κ2) is 2.55. The van der Waals surface area contributed by atoms with Crippen LogP contribution in [0.4, 0.5) is 0 Å². The fraction of sp³-hybridized carbons (Fsp3) is 0.333. The van der Waals surface area contributed by atoms with E-state index in [1.54, 1.807) is 12.4 Å². The maximum atomic E-state index is 5.32. The van der Waals surface area contributed by atoms with Gasteiger partial charge in [-0.2, -0.15) is 0 Å². The van der Waals surface area contributed by atoms with Gasteiger partial charge in [0.15, 0.2) is 0 Å². The molecule has 1 heterocycles. The normalized spacial score (nSPS) is 9.56. The van der Waals surface area contributed by atoms with Crippen molar-refractivity contribution in [3.8, 4) is 0 Å². The van der Waals surface area contributed by atoms with Gasteiger partial charge in [0.05, 0.1) is 0 Å². The van der Waals surface area contributed by atoms with Crippen LogP contribution < -0.4 is 5.73 Å². The standard InChI is InChI=1S/C6H9N3/c1-5-8-3-6(2-7)4-9-5/h3-4H,2,7H2,1H3. The Hall–Kier alpha value is -0.960. The van der Waals surface area contributed by atoms with E-state index in [1.807, 2.05) is 6.92 Å². The Morgan fingerprint density at radius 2 is 2.00 bits per heavy atom. The molecule has 1 aromatic rings. The van der Waals surface area contributed by atoms with Crippen LogP contribution >= 0.6 is 0 Å². The molecule has 0 fully saturated rings. The molecule has 0 atom stereocenters. The Labute approximate surface area is 53.9 Å². The van der Waals surface area contributed by atoms with Gasteiger partial charge in [-0.15, -0.1) is 0 Å². The lowest BCUT2D eigenvalue weighted by molar-refractivity contribution is 0.969. The predicted molar refractivity (Wildman–Crippen MR) is 34.7 cm³/mol. The highest BCUT2D eigenvalue weighted by Gasteiger charge is 1.87. The minimum atomic E-state index is 0.514. The number of aromatic nitrogens is 2. The van der Waals surface area contributed by atoms with Crippen molar-refractivity contribution in [1.29, 1.82) is 0 Å². The summed E-state index contributed by atoms with van der Waals surface area (Å²) >= 11 is 0. The van der Waals surface area contributed by atoms with Crippen molar-refractivity contribution >= 4 is 0 Å². The summed E-state index contributed by atoms with van der Waals surface area (Å²) < 4.78 is 0. The Bertz CT molecular complexity index is 180. The molecule has 0 radical (unpaired) electrons. The lowest BCUT2D eigenvalue weighted by Crippen LogP contribution is -1.98. The van der Waals surface area contributed by atoms with Crippen molar-refractivity contribution < 1.29 is 0 Å². The average molecular weight is 123 g/mol. The molecule has 0 amide bonds. The number of hydrogen-bond acceptors (Lipinski definition) is 3. The molecule has 0 saturated heterocycles. The maximum absolute atomic E-state index is 5.32. The van der Waals surface area contributed by atoms with Gasteiger partial charge in [0.2, 0.25) is 0 Å². The van der Waals surface area contributed by atoms with Crippen molar-refractivity contribution in [2.45, 2.75) is 13.5 Å². The number of hydrogen-bond donors (Lipinski definition) is 1. The Kier molecular flexibility index (Phi) is 1.75. The smallest absolute Gasteiger partial charge is 0.125 e. The number of aryl methyl sites for hydroxylation is 1. The molecule has 2 N–H and O–H groups in total. The highest BCUT2D eigenvalue weighted by molar-refractivity contribution is 5.03. The average Bonchev–Trinajstić information content (AvgIpc) is 1.90. The molecule has 1 rings (SSSR count). The third kappa shape index (κ3) is 1.47. The summed E-state index contributed by atoms with van der Waals surface area (Å²) in [4.78, 5) is 7.92. The summed E-state index contributed by atoms with van der Waals surface area (Å²) in [6.07, 6.45) is 3.48. The maximum Gasteiger partial charge on any atom is 0.125 e. The summed E-state index contributed by atoms with van der Waals surface area (Å²) in [7, 11) is 0. The van der Waals surface area contributed by atoms with E-state index in [-0.39, 0.29) is 0 Å². The summed E-state index contributed by atoms with van der Waals surface area (Å²) in [6, 6.07) is 0. The van der Waals surface area contributed by atoms with Gasteiger partial charge in [-0.05, 0) is 6.92 Å². The molecule has 0 aliphatic rings. The van der Waals surface area contributed by atoms with Crippen LogP contribution in [0.3, 0.4) is 0 Å². The highest BCUT2D eigenvalue weighted by Crippen LogP contribution is 1.91. The van der Waals surface area contributed by atoms with E-state index in [4.69, 9.17) is 5.73 Å². The van der Waals surface area contributed by atoms with Crippen LogP contribution in [0.25, 0.3) is 0 Å². The molecule has 3 nitrogen and oxygen atoms in total. The monoisotopic (exact) mass is 123 g/mol. The third-order valence-corrected chi connectivity index (χ3v) is 1.07. The fourth-order valence-corrected chi connectivity index (χ4v) is 0.525. The zero-order valence-electron chi connectivity index (χ0n) is 5.33. The lowest BCUT2D eigenvalue weighted by Gasteiger charge is -1.92. The number of nitrogens with zero attached hydrogens (tertiary/aromatic N) is 2. The first-order valence-electron chi connectivity index (χ1n) is 2.80. The number of rotatable bonds is 1. The van der Waals surface area contributed by atoms with E-state index >= 15 is 0 Å². The Morgan fingerprint density at radius 3 is 2.44 bits per heavy atom. The van der Waals surface area contributed by atoms with E-state index in [1.165, 1.54) is 0 Å². The molecule has 0 aliphatic carbocycles. The Morgan fingerprint density at radius 1 is 1.44 bits per heavy atom. The largest absolute Gasteiger partial charge is 0.326 e. The summed E-state index contributed by atoms with van der Waals surface area (Å²) in [5.41, 5.74) is 6.29. The van der Waals surface area contributed by atoms with E-state index in [2.05, 4.69) is 9.97 Å². The van der Waals surface area contributed by atoms with E-state index < -0.39 is 0 Å². The molecule has 1 aromatic heterocycles. The minimum absolute atomic E-state index is 0.514. The number of nitrogens with two attached hydrogens (primary N) is 1. The molecule has 9 heavy (non-hydrogen) atoms. The molecular weight excluding hydrogens is 114 g/mol. The van der Waals surface area contributed by atoms with Gasteiger partial charge in [0, 0.05) is 24.5 Å². The molecule has 0 aliphatic heterocycles. The molecule has 0 spiro atoms. The molecule has 0 unspecified atom stereocenters. The van der Waals surface area contributed by atoms with Gasteiger partial charge in [-0.3, -0.25) is 0 Å². The van der Waals surface area contributed by atoms with E-state index in [9.17, 15) is 0 Å². The van der Waals surface area contributed by atoms with Gasteiger partial charge >= 0.3 is 0 Å². The van der Waals surface area contributed by atoms with Crippen LogP contribution in [0.2, 0.25) is 0 Å². The van der Waals surface area contributed by atoms with Gasteiger partial charge in [0.25, 0.3) is 0 Å². The zero-order chi connectivity index (χ0) is 6.69. The van der Waals surface area contributed by atoms with Crippen molar-refractivity contribution in [2.24, 2.45) is 5.73 Å². The van der Waals surface area contributed by atoms with Gasteiger partial charge < -0.3 is 5.73 Å². The molecular formula is C6H9N3. The van der Waals surface area contributed by atoms with Crippen molar-refractivity contribution in [3.05, 3.63) is 23.8 Å². The van der Waals surface area contributed by atoms with E-state index in [0.717, 1.165) is 11.4 Å². The van der Waals surface area contributed by atoms with Crippen LogP contribution in [0, 0.1) is 6.92 Å². The molecule has 0 saturated carbocycles. The minimum Gasteiger partial charge on any atom is -0.326 e. The van der Waals surface area contributed by atoms with Crippen LogP contribution in [0.5, 0.6) is 0 Å². The van der Waals surface area contributed by atoms with Gasteiger partial charge in [-0.1, -0.05) is 0 Å². The highest BCUT2D eigenvalue weighted by atomic mass is 14.8. The van der Waals surface area contributed by atoms with Gasteiger partial charge in [-0.25, -0.2) is 9.97 Å². The predicted octanol–water partition coefficient (Wildman–Crippen LogP) is 0.244. The SMILES string of the molecule is Cc1ncc(CN)cn1. The lowest BCUT2D eigenvalue weighted by atomic mass is 10.3. The second-order valence-electron chi connectivity index (χ2n) is 1.84. The fourth-order valence-electron chi connectivity index (χ4n) is 0.525. The third-order valence-electron chi connectivity index (χ3n) is 1.07. The first-order chi connectivity index (χ1) is 4.33. The second-order valence-corrected chi connectivity index (χ2v) is 1.84. The van der Waals surface area contributed by atoms with Crippen LogP contribution in [0.15, 0.2) is 12.4 Å². The van der Waals surface area contributed by atoms with Crippen molar-refractivity contribution in [3.63, 3.8) is 0 Å². The molecule has 3 heteroatoms. The quantitative estimate of drug-likeness (QED) is 0.582. The van der Waals surface area contributed by atoms with Crippen molar-refractivity contribution in [2.75, 3.05) is 0 Å². The summed E-state index contributed by atoms with van der Waals surface area (Å²) in [5.74, 6) is 0.784. The Balaban J connectivity index is 2.88.